The van der Waals surface area contributed by atoms with Gasteiger partial charge >= 0.3 is 0 Å². The molecule has 3 nitrogen and oxygen atoms in total. The van der Waals surface area contributed by atoms with Crippen LogP contribution < -0.4 is 10.6 Å². The first-order valence-electron chi connectivity index (χ1n) is 6.85. The molecule has 0 spiro atoms. The normalized spacial score (nSPS) is 23.2. The van der Waals surface area contributed by atoms with Gasteiger partial charge in [-0.2, -0.15) is 0 Å². The number of aliphatic imine (C=N–C) groups is 1. The summed E-state index contributed by atoms with van der Waals surface area (Å²) < 4.78 is 0. The molecule has 0 unspecified atom stereocenters. The molecule has 3 heteroatoms. The summed E-state index contributed by atoms with van der Waals surface area (Å²) in [5, 5.41) is 6.97. The Hall–Kier alpha value is -0.730. The maximum atomic E-state index is 4.29. The van der Waals surface area contributed by atoms with Crippen molar-refractivity contribution < 1.29 is 0 Å². The lowest BCUT2D eigenvalue weighted by Gasteiger charge is -2.24. The molecule has 0 atom stereocenters. The van der Waals surface area contributed by atoms with Gasteiger partial charge in [-0.05, 0) is 25.2 Å². The summed E-state index contributed by atoms with van der Waals surface area (Å²) in [5.41, 5.74) is 0. The van der Waals surface area contributed by atoms with Gasteiger partial charge < -0.3 is 10.6 Å². The van der Waals surface area contributed by atoms with Gasteiger partial charge in [0.05, 0.1) is 0 Å². The third kappa shape index (κ3) is 4.03. The van der Waals surface area contributed by atoms with Gasteiger partial charge in [-0.3, -0.25) is 4.99 Å². The first-order valence-corrected chi connectivity index (χ1v) is 6.85. The van der Waals surface area contributed by atoms with E-state index in [0.29, 0.717) is 6.04 Å². The van der Waals surface area contributed by atoms with Crippen LogP contribution in [-0.4, -0.2) is 25.6 Å². The molecule has 16 heavy (non-hydrogen) atoms. The number of hydrogen-bond donors (Lipinski definition) is 2. The molecule has 0 aliphatic heterocycles. The van der Waals surface area contributed by atoms with Gasteiger partial charge in [0.2, 0.25) is 0 Å². The van der Waals surface area contributed by atoms with Crippen LogP contribution in [0.2, 0.25) is 0 Å². The molecule has 0 radical (unpaired) electrons. The van der Waals surface area contributed by atoms with E-state index in [1.165, 1.54) is 51.4 Å². The largest absolute Gasteiger partial charge is 0.356 e. The van der Waals surface area contributed by atoms with Crippen molar-refractivity contribution in [3.8, 4) is 0 Å². The number of hydrogen-bond acceptors (Lipinski definition) is 1. The lowest BCUT2D eigenvalue weighted by Crippen LogP contribution is -2.44. The van der Waals surface area contributed by atoms with Gasteiger partial charge in [-0.25, -0.2) is 0 Å². The second-order valence-electron chi connectivity index (χ2n) is 5.21. The van der Waals surface area contributed by atoms with Crippen LogP contribution in [0.1, 0.15) is 51.4 Å². The van der Waals surface area contributed by atoms with Crippen molar-refractivity contribution in [1.29, 1.82) is 0 Å². The summed E-state index contributed by atoms with van der Waals surface area (Å²) in [6, 6.07) is 0.654. The highest BCUT2D eigenvalue weighted by molar-refractivity contribution is 5.79. The third-order valence-corrected chi connectivity index (χ3v) is 3.71. The minimum atomic E-state index is 0.654. The Morgan fingerprint density at radius 3 is 2.50 bits per heavy atom. The number of guanidine groups is 1. The van der Waals surface area contributed by atoms with Gasteiger partial charge in [0.25, 0.3) is 0 Å². The van der Waals surface area contributed by atoms with E-state index < -0.39 is 0 Å². The summed E-state index contributed by atoms with van der Waals surface area (Å²) in [6.07, 6.45) is 11.0. The molecule has 92 valence electrons. The molecule has 0 aromatic heterocycles. The fraction of sp³-hybridized carbons (Fsp3) is 0.923. The van der Waals surface area contributed by atoms with Crippen LogP contribution in [0.3, 0.4) is 0 Å². The fourth-order valence-corrected chi connectivity index (χ4v) is 2.44. The van der Waals surface area contributed by atoms with E-state index in [-0.39, 0.29) is 0 Å². The molecule has 0 bridgehead atoms. The molecule has 0 amide bonds. The highest BCUT2D eigenvalue weighted by atomic mass is 15.2. The average Bonchev–Trinajstić information content (AvgIpc) is 3.13. The maximum Gasteiger partial charge on any atom is 0.191 e. The highest BCUT2D eigenvalue weighted by Crippen LogP contribution is 2.31. The van der Waals surface area contributed by atoms with E-state index in [0.717, 1.165) is 18.4 Å². The summed E-state index contributed by atoms with van der Waals surface area (Å²) >= 11 is 0. The van der Waals surface area contributed by atoms with Crippen molar-refractivity contribution >= 4 is 5.96 Å². The van der Waals surface area contributed by atoms with Crippen LogP contribution in [-0.2, 0) is 0 Å². The Labute approximate surface area is 99.1 Å². The standard InChI is InChI=1S/C13H25N3/c1-14-13(15-10-9-11-7-8-11)16-12-5-3-2-4-6-12/h11-12H,2-10H2,1H3,(H2,14,15,16). The first-order chi connectivity index (χ1) is 7.88. The van der Waals surface area contributed by atoms with Crippen LogP contribution in [0.5, 0.6) is 0 Å². The summed E-state index contributed by atoms with van der Waals surface area (Å²) in [7, 11) is 1.87. The van der Waals surface area contributed by atoms with Crippen LogP contribution >= 0.6 is 0 Å². The van der Waals surface area contributed by atoms with Gasteiger partial charge in [0.15, 0.2) is 5.96 Å². The smallest absolute Gasteiger partial charge is 0.191 e. The Balaban J connectivity index is 1.63. The molecule has 2 fully saturated rings. The van der Waals surface area contributed by atoms with E-state index in [9.17, 15) is 0 Å². The van der Waals surface area contributed by atoms with Crippen LogP contribution in [0.15, 0.2) is 4.99 Å². The summed E-state index contributed by atoms with van der Waals surface area (Å²) in [5.74, 6) is 2.01. The van der Waals surface area contributed by atoms with Crippen molar-refractivity contribution in [2.75, 3.05) is 13.6 Å². The molecule has 0 saturated heterocycles. The van der Waals surface area contributed by atoms with Crippen molar-refractivity contribution in [3.05, 3.63) is 0 Å². The predicted octanol–water partition coefficient (Wildman–Crippen LogP) is 2.28. The van der Waals surface area contributed by atoms with Crippen molar-refractivity contribution in [3.63, 3.8) is 0 Å². The monoisotopic (exact) mass is 223 g/mol. The predicted molar refractivity (Wildman–Crippen MR) is 68.7 cm³/mol. The van der Waals surface area contributed by atoms with Gasteiger partial charge in [-0.1, -0.05) is 32.1 Å². The number of nitrogens with one attached hydrogen (secondary N) is 2. The average molecular weight is 223 g/mol. The Kier molecular flexibility index (Phi) is 4.49. The third-order valence-electron chi connectivity index (χ3n) is 3.71. The first kappa shape index (κ1) is 11.7. The number of rotatable bonds is 4. The molecule has 2 N–H and O–H groups in total. The van der Waals surface area contributed by atoms with Gasteiger partial charge in [0, 0.05) is 19.6 Å². The zero-order valence-electron chi connectivity index (χ0n) is 10.5. The molecule has 0 aromatic carbocycles. The van der Waals surface area contributed by atoms with Crippen LogP contribution in [0.4, 0.5) is 0 Å². The molecular formula is C13H25N3. The second-order valence-corrected chi connectivity index (χ2v) is 5.21. The van der Waals surface area contributed by atoms with Crippen LogP contribution in [0, 0.1) is 5.92 Å². The van der Waals surface area contributed by atoms with Crippen molar-refractivity contribution in [2.24, 2.45) is 10.9 Å². The fourth-order valence-electron chi connectivity index (χ4n) is 2.44. The topological polar surface area (TPSA) is 36.4 Å². The van der Waals surface area contributed by atoms with E-state index in [2.05, 4.69) is 15.6 Å². The van der Waals surface area contributed by atoms with E-state index in [4.69, 9.17) is 0 Å². The SMILES string of the molecule is CN=C(NCCC1CC1)NC1CCCCC1. The minimum Gasteiger partial charge on any atom is -0.356 e. The summed E-state index contributed by atoms with van der Waals surface area (Å²) in [4.78, 5) is 4.29. The molecule has 2 aliphatic rings. The molecule has 2 saturated carbocycles. The van der Waals surface area contributed by atoms with Gasteiger partial charge in [-0.15, -0.1) is 0 Å². The zero-order valence-corrected chi connectivity index (χ0v) is 10.5. The number of nitrogens with zero attached hydrogens (tertiary/aromatic N) is 1. The Morgan fingerprint density at radius 2 is 1.88 bits per heavy atom. The quantitative estimate of drug-likeness (QED) is 0.566. The molecular weight excluding hydrogens is 198 g/mol. The Bertz CT molecular complexity index is 227. The summed E-state index contributed by atoms with van der Waals surface area (Å²) in [6.45, 7) is 1.08. The van der Waals surface area contributed by atoms with E-state index in [1.807, 2.05) is 7.05 Å². The lowest BCUT2D eigenvalue weighted by molar-refractivity contribution is 0.410. The van der Waals surface area contributed by atoms with E-state index >= 15 is 0 Å². The zero-order chi connectivity index (χ0) is 11.2. The molecule has 2 rings (SSSR count). The van der Waals surface area contributed by atoms with E-state index in [1.54, 1.807) is 0 Å². The van der Waals surface area contributed by atoms with Crippen molar-refractivity contribution in [1.82, 2.24) is 10.6 Å². The molecule has 0 heterocycles. The maximum absolute atomic E-state index is 4.29. The molecule has 0 aromatic rings. The van der Waals surface area contributed by atoms with Crippen LogP contribution in [0.25, 0.3) is 0 Å². The lowest BCUT2D eigenvalue weighted by atomic mass is 9.96. The minimum absolute atomic E-state index is 0.654. The second kappa shape index (κ2) is 6.12. The van der Waals surface area contributed by atoms with Crippen molar-refractivity contribution in [2.45, 2.75) is 57.4 Å². The Morgan fingerprint density at radius 1 is 1.12 bits per heavy atom. The van der Waals surface area contributed by atoms with Gasteiger partial charge in [0.1, 0.15) is 0 Å². The molecule has 2 aliphatic carbocycles. The highest BCUT2D eigenvalue weighted by Gasteiger charge is 2.20.